The van der Waals surface area contributed by atoms with E-state index in [0.29, 0.717) is 11.5 Å². The van der Waals surface area contributed by atoms with Crippen LogP contribution in [0, 0.1) is 6.92 Å². The van der Waals surface area contributed by atoms with E-state index in [2.05, 4.69) is 17.5 Å². The van der Waals surface area contributed by atoms with Crippen molar-refractivity contribution in [3.63, 3.8) is 0 Å². The summed E-state index contributed by atoms with van der Waals surface area (Å²) in [6.45, 7) is 4.81. The Hall–Kier alpha value is -1.07. The number of hydrogen-bond donors (Lipinski definition) is 2. The molecule has 0 atom stereocenters. The zero-order valence-corrected chi connectivity index (χ0v) is 10.4. The minimum atomic E-state index is -0.205. The molecule has 0 spiro atoms. The van der Waals surface area contributed by atoms with Crippen molar-refractivity contribution in [2.24, 2.45) is 0 Å². The molecular formula is C10H18ClN3O2. The van der Waals surface area contributed by atoms with Crippen LogP contribution in [-0.2, 0) is 0 Å². The van der Waals surface area contributed by atoms with Gasteiger partial charge in [0.15, 0.2) is 5.69 Å². The van der Waals surface area contributed by atoms with Gasteiger partial charge in [-0.3, -0.25) is 4.79 Å². The molecule has 0 aliphatic rings. The lowest BCUT2D eigenvalue weighted by Gasteiger charge is -2.00. The highest BCUT2D eigenvalue weighted by Gasteiger charge is 2.11. The number of rotatable bonds is 6. The quantitative estimate of drug-likeness (QED) is 0.250. The summed E-state index contributed by atoms with van der Waals surface area (Å²) in [4.78, 5) is 11.4. The maximum absolute atomic E-state index is 11.4. The number of carbonyl (C=O) groups excluding carboxylic acids is 1. The van der Waals surface area contributed by atoms with Crippen molar-refractivity contribution in [3.8, 4) is 0 Å². The van der Waals surface area contributed by atoms with Crippen molar-refractivity contribution >= 4 is 5.91 Å². The van der Waals surface area contributed by atoms with Crippen LogP contribution in [0.1, 0.15) is 42.4 Å². The van der Waals surface area contributed by atoms with Crippen molar-refractivity contribution in [3.05, 3.63) is 17.5 Å². The third-order valence-corrected chi connectivity index (χ3v) is 2.05. The first-order valence-corrected chi connectivity index (χ1v) is 5.30. The molecule has 1 rings (SSSR count). The van der Waals surface area contributed by atoms with Gasteiger partial charge in [-0.2, -0.15) is 5.43 Å². The van der Waals surface area contributed by atoms with E-state index in [1.807, 2.05) is 0 Å². The normalized spacial score (nSPS) is 9.62. The summed E-state index contributed by atoms with van der Waals surface area (Å²) >= 11 is 0. The van der Waals surface area contributed by atoms with Crippen LogP contribution in [-0.4, -0.2) is 17.6 Å². The Balaban J connectivity index is 0.00000225. The number of nitrogens with one attached hydrogen (secondary N) is 1. The highest BCUT2D eigenvalue weighted by atomic mass is 35.5. The van der Waals surface area contributed by atoms with Crippen LogP contribution in [0.15, 0.2) is 10.6 Å². The average molecular weight is 248 g/mol. The predicted molar refractivity (Wildman–Crippen MR) is 55.0 cm³/mol. The number of hydrogen-bond acceptors (Lipinski definition) is 3. The molecule has 3 N–H and O–H groups in total. The number of halogens is 1. The summed E-state index contributed by atoms with van der Waals surface area (Å²) in [7, 11) is 0. The Morgan fingerprint density at radius 2 is 2.31 bits per heavy atom. The van der Waals surface area contributed by atoms with Crippen LogP contribution in [0.25, 0.3) is 0 Å². The molecule has 0 aromatic carbocycles. The monoisotopic (exact) mass is 247 g/mol. The van der Waals surface area contributed by atoms with Crippen LogP contribution >= 0.6 is 0 Å². The molecule has 0 saturated carbocycles. The van der Waals surface area contributed by atoms with Gasteiger partial charge in [0.1, 0.15) is 5.76 Å². The first-order chi connectivity index (χ1) is 7.24. The number of unbranched alkanes of at least 4 members (excludes halogenated alkanes) is 2. The van der Waals surface area contributed by atoms with Crippen molar-refractivity contribution in [1.82, 2.24) is 10.6 Å². The van der Waals surface area contributed by atoms with Gasteiger partial charge in [-0.15, -0.1) is 0 Å². The van der Waals surface area contributed by atoms with Gasteiger partial charge in [0.2, 0.25) is 0 Å². The fraction of sp³-hybridized carbons (Fsp3) is 0.600. The van der Waals surface area contributed by atoms with Gasteiger partial charge in [0, 0.05) is 6.07 Å². The van der Waals surface area contributed by atoms with Gasteiger partial charge in [-0.25, -0.2) is 5.43 Å². The van der Waals surface area contributed by atoms with Gasteiger partial charge in [0.25, 0.3) is 0 Å². The molecule has 92 valence electrons. The molecule has 1 amide bonds. The summed E-state index contributed by atoms with van der Waals surface area (Å²) in [5.41, 5.74) is 4.80. The standard InChI is InChI=1S/C10H17N3O2.ClH/c1-3-4-5-6-11-12-10(14)9-7-8(2)15-13-9;/h7,11H,3-6H2,1-2H3,(H,12,14);1H. The van der Waals surface area contributed by atoms with E-state index < -0.39 is 0 Å². The number of carbonyl (C=O) groups is 1. The molecule has 0 aliphatic heterocycles. The Kier molecular flexibility index (Phi) is 7.58. The lowest BCUT2D eigenvalue weighted by atomic mass is 10.2. The van der Waals surface area contributed by atoms with Crippen LogP contribution in [0.4, 0.5) is 0 Å². The Morgan fingerprint density at radius 3 is 2.88 bits per heavy atom. The highest BCUT2D eigenvalue weighted by molar-refractivity contribution is 5.91. The minimum absolute atomic E-state index is 0. The molecule has 0 saturated heterocycles. The fourth-order valence-corrected chi connectivity index (χ4v) is 1.21. The number of amides is 1. The molecule has 0 bridgehead atoms. The number of nitrogens with two attached hydrogens (primary N) is 1. The molecule has 1 aromatic rings. The molecule has 1 heterocycles. The van der Waals surface area contributed by atoms with E-state index in [4.69, 9.17) is 4.52 Å². The smallest absolute Gasteiger partial charge is 0.317 e. The number of nitrogens with zero attached hydrogens (tertiary/aromatic N) is 1. The lowest BCUT2D eigenvalue weighted by molar-refractivity contribution is -0.697. The second-order valence-corrected chi connectivity index (χ2v) is 3.50. The van der Waals surface area contributed by atoms with Crippen LogP contribution in [0.2, 0.25) is 0 Å². The number of aryl methyl sites for hydroxylation is 1. The summed E-state index contributed by atoms with van der Waals surface area (Å²) < 4.78 is 4.81. The van der Waals surface area contributed by atoms with Crippen LogP contribution in [0.3, 0.4) is 0 Å². The van der Waals surface area contributed by atoms with Crippen molar-refractivity contribution in [2.45, 2.75) is 33.1 Å². The SMILES string of the molecule is CCCCC[NH2+]NC(=O)c1cc(C)on1.[Cl-]. The molecule has 5 nitrogen and oxygen atoms in total. The Morgan fingerprint density at radius 1 is 1.56 bits per heavy atom. The maximum atomic E-state index is 11.4. The zero-order chi connectivity index (χ0) is 11.1. The van der Waals surface area contributed by atoms with Crippen molar-refractivity contribution in [2.75, 3.05) is 6.54 Å². The third kappa shape index (κ3) is 5.14. The summed E-state index contributed by atoms with van der Waals surface area (Å²) in [6, 6.07) is 1.62. The molecule has 0 aliphatic carbocycles. The summed E-state index contributed by atoms with van der Waals surface area (Å²) in [6.07, 6.45) is 3.48. The van der Waals surface area contributed by atoms with E-state index >= 15 is 0 Å². The molecule has 16 heavy (non-hydrogen) atoms. The van der Waals surface area contributed by atoms with Gasteiger partial charge in [-0.1, -0.05) is 18.5 Å². The van der Waals surface area contributed by atoms with Gasteiger partial charge in [0.05, 0.1) is 6.54 Å². The van der Waals surface area contributed by atoms with Gasteiger partial charge >= 0.3 is 5.91 Å². The number of aromatic nitrogens is 1. The molecule has 0 radical (unpaired) electrons. The van der Waals surface area contributed by atoms with Gasteiger partial charge < -0.3 is 16.9 Å². The van der Waals surface area contributed by atoms with Crippen LogP contribution < -0.4 is 23.3 Å². The number of quaternary nitrogens is 1. The minimum Gasteiger partial charge on any atom is -1.00 e. The highest BCUT2D eigenvalue weighted by Crippen LogP contribution is 1.99. The molecule has 0 fully saturated rings. The average Bonchev–Trinajstić information content (AvgIpc) is 2.64. The Bertz CT molecular complexity index is 315. The predicted octanol–water partition coefficient (Wildman–Crippen LogP) is -2.61. The fourth-order valence-electron chi connectivity index (χ4n) is 1.21. The van der Waals surface area contributed by atoms with Crippen LogP contribution in [0.5, 0.6) is 0 Å². The first-order valence-electron chi connectivity index (χ1n) is 5.30. The van der Waals surface area contributed by atoms with Gasteiger partial charge in [-0.05, 0) is 19.8 Å². The van der Waals surface area contributed by atoms with E-state index in [1.54, 1.807) is 18.4 Å². The largest absolute Gasteiger partial charge is 1.00 e. The van der Waals surface area contributed by atoms with E-state index in [-0.39, 0.29) is 18.3 Å². The topological polar surface area (TPSA) is 71.7 Å². The van der Waals surface area contributed by atoms with E-state index in [0.717, 1.165) is 13.0 Å². The second kappa shape index (κ2) is 8.13. The lowest BCUT2D eigenvalue weighted by Crippen LogP contribution is -3.00. The van der Waals surface area contributed by atoms with E-state index in [9.17, 15) is 4.79 Å². The third-order valence-electron chi connectivity index (χ3n) is 2.05. The Labute approximate surface area is 101 Å². The summed E-state index contributed by atoms with van der Waals surface area (Å²) in [5.74, 6) is 0.439. The summed E-state index contributed by atoms with van der Waals surface area (Å²) in [5, 5.41) is 3.62. The van der Waals surface area contributed by atoms with E-state index in [1.165, 1.54) is 12.8 Å². The number of nitrogen functional groups attached to an aromatic ring is 1. The second-order valence-electron chi connectivity index (χ2n) is 3.50. The maximum Gasteiger partial charge on any atom is 0.317 e. The molecule has 6 heteroatoms. The zero-order valence-electron chi connectivity index (χ0n) is 9.62. The molecule has 0 unspecified atom stereocenters. The molecule has 1 aromatic heterocycles. The van der Waals surface area contributed by atoms with Crippen molar-refractivity contribution < 1.29 is 27.2 Å². The van der Waals surface area contributed by atoms with Crippen molar-refractivity contribution in [1.29, 1.82) is 0 Å². The first kappa shape index (κ1) is 14.9. The molecular weight excluding hydrogens is 230 g/mol.